The van der Waals surface area contributed by atoms with E-state index < -0.39 is 5.97 Å². The van der Waals surface area contributed by atoms with Crippen LogP contribution in [0.5, 0.6) is 0 Å². The van der Waals surface area contributed by atoms with Crippen LogP contribution in [0.25, 0.3) is 0 Å². The molecule has 2 unspecified atom stereocenters. The number of carboxylic acid groups (broad SMARTS) is 1. The minimum Gasteiger partial charge on any atom is -0.480 e. The smallest absolute Gasteiger partial charge is 0.321 e. The molecule has 3 rings (SSSR count). The normalized spacial score (nSPS) is 35.0. The van der Waals surface area contributed by atoms with Crippen molar-refractivity contribution >= 4 is 17.7 Å². The molecule has 3 saturated heterocycles. The molecule has 1 spiro atoms. The van der Waals surface area contributed by atoms with Crippen LogP contribution < -0.4 is 0 Å². The quantitative estimate of drug-likeness (QED) is 0.827. The Morgan fingerprint density at radius 3 is 2.85 bits per heavy atom. The van der Waals surface area contributed by atoms with Crippen molar-refractivity contribution in [2.45, 2.75) is 43.4 Å². The number of carboxylic acids is 1. The van der Waals surface area contributed by atoms with Crippen molar-refractivity contribution in [2.24, 2.45) is 0 Å². The topological polar surface area (TPSA) is 59.0 Å². The lowest BCUT2D eigenvalue weighted by atomic mass is 9.83. The lowest BCUT2D eigenvalue weighted by Crippen LogP contribution is -2.57. The molecule has 0 bridgehead atoms. The second-order valence-electron chi connectivity index (χ2n) is 5.96. The van der Waals surface area contributed by atoms with Gasteiger partial charge in [0, 0.05) is 43.9 Å². The SMILES string of the molecule is O=C(O)C1CSCCN1C1CCOC2(CCOCC2)C1. The van der Waals surface area contributed by atoms with E-state index in [2.05, 4.69) is 4.90 Å². The molecule has 0 aromatic heterocycles. The van der Waals surface area contributed by atoms with Crippen molar-refractivity contribution < 1.29 is 19.4 Å². The van der Waals surface area contributed by atoms with E-state index in [1.807, 2.05) is 0 Å². The third kappa shape index (κ3) is 2.98. The van der Waals surface area contributed by atoms with Crippen LogP contribution in [-0.2, 0) is 14.3 Å². The van der Waals surface area contributed by atoms with Crippen LogP contribution in [-0.4, -0.2) is 71.5 Å². The van der Waals surface area contributed by atoms with Crippen LogP contribution in [0.15, 0.2) is 0 Å². The Morgan fingerprint density at radius 2 is 2.10 bits per heavy atom. The number of carbonyl (C=O) groups is 1. The van der Waals surface area contributed by atoms with Crippen molar-refractivity contribution in [3.63, 3.8) is 0 Å². The first-order valence-corrected chi connectivity index (χ1v) is 8.64. The first kappa shape index (κ1) is 14.6. The number of hydrogen-bond donors (Lipinski definition) is 1. The van der Waals surface area contributed by atoms with Gasteiger partial charge in [0.1, 0.15) is 6.04 Å². The number of aliphatic carboxylic acids is 1. The highest BCUT2D eigenvalue weighted by Gasteiger charge is 2.43. The zero-order valence-electron chi connectivity index (χ0n) is 11.8. The Labute approximate surface area is 124 Å². The van der Waals surface area contributed by atoms with Gasteiger partial charge in [-0.1, -0.05) is 0 Å². The second kappa shape index (κ2) is 6.22. The molecule has 114 valence electrons. The van der Waals surface area contributed by atoms with Crippen molar-refractivity contribution in [1.29, 1.82) is 0 Å². The molecule has 0 amide bonds. The molecule has 1 N–H and O–H groups in total. The lowest BCUT2D eigenvalue weighted by molar-refractivity contribution is -0.161. The average molecular weight is 301 g/mol. The van der Waals surface area contributed by atoms with E-state index in [0.29, 0.717) is 11.8 Å². The predicted molar refractivity (Wildman–Crippen MR) is 77.2 cm³/mol. The van der Waals surface area contributed by atoms with E-state index in [-0.39, 0.29) is 11.6 Å². The fourth-order valence-corrected chi connectivity index (χ4v) is 4.71. The van der Waals surface area contributed by atoms with E-state index >= 15 is 0 Å². The van der Waals surface area contributed by atoms with Crippen LogP contribution in [0.2, 0.25) is 0 Å². The van der Waals surface area contributed by atoms with E-state index in [1.165, 1.54) is 0 Å². The summed E-state index contributed by atoms with van der Waals surface area (Å²) in [6.45, 7) is 3.18. The maximum absolute atomic E-state index is 11.5. The Morgan fingerprint density at radius 1 is 1.30 bits per heavy atom. The third-order valence-corrected chi connectivity index (χ3v) is 5.82. The summed E-state index contributed by atoms with van der Waals surface area (Å²) in [6, 6.07) is 0.0255. The number of ether oxygens (including phenoxy) is 2. The maximum Gasteiger partial charge on any atom is 0.321 e. The van der Waals surface area contributed by atoms with Gasteiger partial charge in [0.2, 0.25) is 0 Å². The Balaban J connectivity index is 1.70. The van der Waals surface area contributed by atoms with E-state index in [0.717, 1.165) is 57.8 Å². The monoisotopic (exact) mass is 301 g/mol. The Hall–Kier alpha value is -0.300. The molecule has 0 aliphatic carbocycles. The molecule has 20 heavy (non-hydrogen) atoms. The van der Waals surface area contributed by atoms with Gasteiger partial charge in [-0.25, -0.2) is 0 Å². The summed E-state index contributed by atoms with van der Waals surface area (Å²) >= 11 is 1.75. The third-order valence-electron chi connectivity index (χ3n) is 4.79. The van der Waals surface area contributed by atoms with E-state index in [4.69, 9.17) is 9.47 Å². The lowest BCUT2D eigenvalue weighted by Gasteiger charge is -2.48. The Kier molecular flexibility index (Phi) is 4.55. The van der Waals surface area contributed by atoms with Gasteiger partial charge in [0.25, 0.3) is 0 Å². The fourth-order valence-electron chi connectivity index (χ4n) is 3.64. The summed E-state index contributed by atoms with van der Waals surface area (Å²) in [4.78, 5) is 13.7. The predicted octanol–water partition coefficient (Wildman–Crippen LogP) is 1.22. The molecule has 3 fully saturated rings. The Bertz CT molecular complexity index is 354. The zero-order valence-corrected chi connectivity index (χ0v) is 12.6. The highest BCUT2D eigenvalue weighted by Crippen LogP contribution is 2.37. The molecule has 3 aliphatic rings. The molecule has 3 heterocycles. The van der Waals surface area contributed by atoms with Crippen molar-refractivity contribution in [3.8, 4) is 0 Å². The molecular formula is C14H23NO4S. The van der Waals surface area contributed by atoms with Crippen molar-refractivity contribution in [1.82, 2.24) is 4.90 Å². The van der Waals surface area contributed by atoms with Crippen LogP contribution in [0.3, 0.4) is 0 Å². The molecule has 6 heteroatoms. The molecule has 0 aromatic rings. The number of hydrogen-bond acceptors (Lipinski definition) is 5. The highest BCUT2D eigenvalue weighted by atomic mass is 32.2. The van der Waals surface area contributed by atoms with Crippen LogP contribution in [0, 0.1) is 0 Å². The van der Waals surface area contributed by atoms with Crippen molar-refractivity contribution in [2.75, 3.05) is 37.9 Å². The first-order chi connectivity index (χ1) is 9.70. The molecule has 0 radical (unpaired) electrons. The number of nitrogens with zero attached hydrogens (tertiary/aromatic N) is 1. The molecule has 3 aliphatic heterocycles. The van der Waals surface area contributed by atoms with Gasteiger partial charge in [0.15, 0.2) is 0 Å². The number of thioether (sulfide) groups is 1. The summed E-state index contributed by atoms with van der Waals surface area (Å²) in [5.41, 5.74) is -0.0607. The van der Waals surface area contributed by atoms with Gasteiger partial charge in [0.05, 0.1) is 5.60 Å². The zero-order chi connectivity index (χ0) is 14.0. The molecular weight excluding hydrogens is 278 g/mol. The first-order valence-electron chi connectivity index (χ1n) is 7.48. The van der Waals surface area contributed by atoms with Gasteiger partial charge in [-0.05, 0) is 25.7 Å². The highest BCUT2D eigenvalue weighted by molar-refractivity contribution is 7.99. The standard InChI is InChI=1S/C14H23NO4S/c16-13(17)12-10-20-8-4-15(12)11-1-5-19-14(9-11)2-6-18-7-3-14/h11-12H,1-10H2,(H,16,17). The van der Waals surface area contributed by atoms with E-state index in [9.17, 15) is 9.90 Å². The largest absolute Gasteiger partial charge is 0.480 e. The van der Waals surface area contributed by atoms with Crippen molar-refractivity contribution in [3.05, 3.63) is 0 Å². The number of rotatable bonds is 2. The van der Waals surface area contributed by atoms with Gasteiger partial charge >= 0.3 is 5.97 Å². The summed E-state index contributed by atoms with van der Waals surface area (Å²) in [5, 5.41) is 9.43. The molecule has 5 nitrogen and oxygen atoms in total. The van der Waals surface area contributed by atoms with Gasteiger partial charge in [-0.3, -0.25) is 9.69 Å². The van der Waals surface area contributed by atoms with Crippen LogP contribution in [0.4, 0.5) is 0 Å². The van der Waals surface area contributed by atoms with Gasteiger partial charge < -0.3 is 14.6 Å². The van der Waals surface area contributed by atoms with Gasteiger partial charge in [-0.15, -0.1) is 0 Å². The molecule has 0 aromatic carbocycles. The second-order valence-corrected chi connectivity index (χ2v) is 7.11. The minimum atomic E-state index is -0.676. The van der Waals surface area contributed by atoms with Gasteiger partial charge in [-0.2, -0.15) is 11.8 Å². The van der Waals surface area contributed by atoms with E-state index in [1.54, 1.807) is 11.8 Å². The van der Waals surface area contributed by atoms with Crippen LogP contribution >= 0.6 is 11.8 Å². The summed E-state index contributed by atoms with van der Waals surface area (Å²) in [5.74, 6) is 1.07. The molecule has 2 atom stereocenters. The summed E-state index contributed by atoms with van der Waals surface area (Å²) < 4.78 is 11.5. The minimum absolute atomic E-state index is 0.0607. The molecule has 0 saturated carbocycles. The fraction of sp³-hybridized carbons (Fsp3) is 0.929. The maximum atomic E-state index is 11.5. The average Bonchev–Trinajstić information content (AvgIpc) is 2.48. The summed E-state index contributed by atoms with van der Waals surface area (Å²) in [7, 11) is 0. The van der Waals surface area contributed by atoms with Crippen LogP contribution in [0.1, 0.15) is 25.7 Å². The summed E-state index contributed by atoms with van der Waals surface area (Å²) in [6.07, 6.45) is 3.81.